The third kappa shape index (κ3) is 4.29. The molecule has 2 heterocycles. The average molecular weight is 470 g/mol. The molecule has 7 nitrogen and oxygen atoms in total. The van der Waals surface area contributed by atoms with Gasteiger partial charge in [-0.2, -0.15) is 0 Å². The number of para-hydroxylation sites is 1. The Bertz CT molecular complexity index is 1260. The number of alkyl halides is 3. The molecule has 0 bridgehead atoms. The first-order valence-electron chi connectivity index (χ1n) is 9.92. The number of aromatic nitrogens is 1. The average Bonchev–Trinajstić information content (AvgIpc) is 3.09. The number of carbonyl (C=O) groups is 2. The Labute approximate surface area is 191 Å². The largest absolute Gasteiger partial charge is 0.573 e. The molecule has 1 aromatic heterocycles. The van der Waals surface area contributed by atoms with Crippen molar-refractivity contribution < 1.29 is 37.3 Å². The molecule has 0 radical (unpaired) electrons. The number of pyridine rings is 1. The Kier molecular flexibility index (Phi) is 5.97. The fourth-order valence-corrected chi connectivity index (χ4v) is 3.71. The lowest BCUT2D eigenvalue weighted by molar-refractivity contribution is -0.274. The highest BCUT2D eigenvalue weighted by atomic mass is 19.4. The lowest BCUT2D eigenvalue weighted by Crippen LogP contribution is -2.29. The van der Waals surface area contributed by atoms with E-state index in [0.29, 0.717) is 0 Å². The number of anilines is 1. The molecule has 1 saturated heterocycles. The van der Waals surface area contributed by atoms with Crippen LogP contribution in [-0.4, -0.2) is 35.3 Å². The van der Waals surface area contributed by atoms with E-state index in [1.165, 1.54) is 31.5 Å². The van der Waals surface area contributed by atoms with Crippen LogP contribution in [0.2, 0.25) is 0 Å². The summed E-state index contributed by atoms with van der Waals surface area (Å²) in [7, 11) is 1.39. The first-order valence-corrected chi connectivity index (χ1v) is 9.92. The second-order valence-electron chi connectivity index (χ2n) is 7.17. The molecule has 34 heavy (non-hydrogen) atoms. The van der Waals surface area contributed by atoms with E-state index < -0.39 is 35.6 Å². The molecule has 0 aliphatic carbocycles. The maximum atomic E-state index is 13.1. The summed E-state index contributed by atoms with van der Waals surface area (Å²) in [5.41, 5.74) is 0.349. The van der Waals surface area contributed by atoms with E-state index in [1.807, 2.05) is 0 Å². The molecule has 1 fully saturated rings. The van der Waals surface area contributed by atoms with Crippen molar-refractivity contribution in [3.8, 4) is 11.5 Å². The second-order valence-corrected chi connectivity index (χ2v) is 7.17. The van der Waals surface area contributed by atoms with Gasteiger partial charge in [-0.25, -0.2) is 0 Å². The quantitative estimate of drug-likeness (QED) is 0.333. The summed E-state index contributed by atoms with van der Waals surface area (Å²) in [5, 5.41) is 11.1. The SMILES string of the molecule is COc1ccccc1/C(O)=C1/C(=O)C(=O)N(c2ccc(OC(F)(F)F)cc2)C1c1ccccn1. The molecular formula is C24H17F3N2O5. The number of benzene rings is 2. The molecule has 1 atom stereocenters. The van der Waals surface area contributed by atoms with Crippen LogP contribution >= 0.6 is 0 Å². The van der Waals surface area contributed by atoms with Crippen molar-refractivity contribution >= 4 is 23.1 Å². The van der Waals surface area contributed by atoms with Gasteiger partial charge in [0.15, 0.2) is 0 Å². The summed E-state index contributed by atoms with van der Waals surface area (Å²) in [6.45, 7) is 0. The third-order valence-electron chi connectivity index (χ3n) is 5.12. The van der Waals surface area contributed by atoms with Crippen molar-refractivity contribution in [3.63, 3.8) is 0 Å². The first kappa shape index (κ1) is 22.8. The predicted octanol–water partition coefficient (Wildman–Crippen LogP) is 4.62. The Hall–Kier alpha value is -4.34. The van der Waals surface area contributed by atoms with Crippen molar-refractivity contribution in [2.45, 2.75) is 12.4 Å². The summed E-state index contributed by atoms with van der Waals surface area (Å²) in [6.07, 6.45) is -3.42. The third-order valence-corrected chi connectivity index (χ3v) is 5.12. The van der Waals surface area contributed by atoms with Crippen molar-refractivity contribution in [2.24, 2.45) is 0 Å². The lowest BCUT2D eigenvalue weighted by atomic mass is 9.97. The number of aliphatic hydroxyl groups excluding tert-OH is 1. The standard InChI is InChI=1S/C24H17F3N2O5/c1-33-18-8-3-2-6-16(18)21(30)19-20(17-7-4-5-13-28-17)29(23(32)22(19)31)14-9-11-15(12-10-14)34-24(25,26)27/h2-13,20,30H,1H3/b21-19-. The van der Waals surface area contributed by atoms with Crippen LogP contribution < -0.4 is 14.4 Å². The van der Waals surface area contributed by atoms with Crippen LogP contribution in [0.25, 0.3) is 5.76 Å². The zero-order valence-electron chi connectivity index (χ0n) is 17.6. The highest BCUT2D eigenvalue weighted by Crippen LogP contribution is 2.43. The molecule has 1 amide bonds. The molecule has 0 spiro atoms. The molecule has 2 aromatic carbocycles. The van der Waals surface area contributed by atoms with Crippen LogP contribution in [0.4, 0.5) is 18.9 Å². The van der Waals surface area contributed by atoms with Crippen LogP contribution in [0.15, 0.2) is 78.5 Å². The number of ether oxygens (including phenoxy) is 2. The van der Waals surface area contributed by atoms with E-state index in [9.17, 15) is 27.9 Å². The summed E-state index contributed by atoms with van der Waals surface area (Å²) < 4.78 is 46.7. The van der Waals surface area contributed by atoms with Crippen molar-refractivity contribution in [1.29, 1.82) is 0 Å². The minimum Gasteiger partial charge on any atom is -0.507 e. The molecule has 1 unspecified atom stereocenters. The van der Waals surface area contributed by atoms with Gasteiger partial charge in [0.1, 0.15) is 23.3 Å². The smallest absolute Gasteiger partial charge is 0.507 e. The highest BCUT2D eigenvalue weighted by Gasteiger charge is 2.48. The second kappa shape index (κ2) is 8.89. The maximum Gasteiger partial charge on any atom is 0.573 e. The van der Waals surface area contributed by atoms with E-state index in [1.54, 1.807) is 36.4 Å². The molecule has 1 aliphatic heterocycles. The van der Waals surface area contributed by atoms with Crippen LogP contribution in [0.3, 0.4) is 0 Å². The molecule has 174 valence electrons. The molecule has 1 N–H and O–H groups in total. The zero-order valence-corrected chi connectivity index (χ0v) is 17.6. The lowest BCUT2D eigenvalue weighted by Gasteiger charge is -2.25. The number of rotatable bonds is 5. The Balaban J connectivity index is 1.86. The van der Waals surface area contributed by atoms with Gasteiger partial charge in [0, 0.05) is 11.9 Å². The molecule has 0 saturated carbocycles. The molecule has 4 rings (SSSR count). The van der Waals surface area contributed by atoms with Crippen LogP contribution in [0.1, 0.15) is 17.3 Å². The fourth-order valence-electron chi connectivity index (χ4n) is 3.71. The highest BCUT2D eigenvalue weighted by molar-refractivity contribution is 6.51. The van der Waals surface area contributed by atoms with Crippen LogP contribution in [0.5, 0.6) is 11.5 Å². The molecular weight excluding hydrogens is 453 g/mol. The van der Waals surface area contributed by atoms with E-state index in [4.69, 9.17) is 4.74 Å². The number of aliphatic hydroxyl groups is 1. The van der Waals surface area contributed by atoms with Gasteiger partial charge < -0.3 is 14.6 Å². The summed E-state index contributed by atoms with van der Waals surface area (Å²) in [4.78, 5) is 31.5. The summed E-state index contributed by atoms with van der Waals surface area (Å²) >= 11 is 0. The fraction of sp³-hybridized carbons (Fsp3) is 0.125. The molecule has 3 aromatic rings. The van der Waals surface area contributed by atoms with E-state index >= 15 is 0 Å². The Morgan fingerprint density at radius 1 is 1.00 bits per heavy atom. The van der Waals surface area contributed by atoms with E-state index in [0.717, 1.165) is 17.0 Å². The van der Waals surface area contributed by atoms with Crippen molar-refractivity contribution in [3.05, 3.63) is 89.8 Å². The number of ketones is 1. The zero-order chi connectivity index (χ0) is 24.5. The minimum atomic E-state index is -4.88. The van der Waals surface area contributed by atoms with Gasteiger partial charge >= 0.3 is 6.36 Å². The monoisotopic (exact) mass is 470 g/mol. The van der Waals surface area contributed by atoms with Gasteiger partial charge in [-0.3, -0.25) is 19.5 Å². The Morgan fingerprint density at radius 2 is 1.68 bits per heavy atom. The Morgan fingerprint density at radius 3 is 2.29 bits per heavy atom. The van der Waals surface area contributed by atoms with Gasteiger partial charge in [0.05, 0.1) is 23.9 Å². The number of methoxy groups -OCH3 is 1. The first-order chi connectivity index (χ1) is 16.2. The number of halogens is 3. The van der Waals surface area contributed by atoms with E-state index in [-0.39, 0.29) is 28.3 Å². The van der Waals surface area contributed by atoms with Crippen molar-refractivity contribution in [1.82, 2.24) is 4.98 Å². The van der Waals surface area contributed by atoms with Crippen LogP contribution in [-0.2, 0) is 9.59 Å². The normalized spacial score (nSPS) is 17.6. The number of amides is 1. The predicted molar refractivity (Wildman–Crippen MR) is 115 cm³/mol. The topological polar surface area (TPSA) is 89.0 Å². The number of hydrogen-bond acceptors (Lipinski definition) is 6. The van der Waals surface area contributed by atoms with E-state index in [2.05, 4.69) is 9.72 Å². The van der Waals surface area contributed by atoms with Gasteiger partial charge in [0.25, 0.3) is 11.7 Å². The van der Waals surface area contributed by atoms with Gasteiger partial charge in [-0.15, -0.1) is 13.2 Å². The summed E-state index contributed by atoms with van der Waals surface area (Å²) in [5.74, 6) is -2.63. The number of hydrogen-bond donors (Lipinski definition) is 1. The van der Waals surface area contributed by atoms with Gasteiger partial charge in [-0.05, 0) is 48.5 Å². The van der Waals surface area contributed by atoms with Crippen LogP contribution in [0, 0.1) is 0 Å². The van der Waals surface area contributed by atoms with Gasteiger partial charge in [0.2, 0.25) is 0 Å². The maximum absolute atomic E-state index is 13.1. The molecule has 10 heteroatoms. The number of nitrogens with zero attached hydrogens (tertiary/aromatic N) is 2. The van der Waals surface area contributed by atoms with Crippen molar-refractivity contribution in [2.75, 3.05) is 12.0 Å². The summed E-state index contributed by atoms with van der Waals surface area (Å²) in [6, 6.07) is 14.6. The number of Topliss-reactive ketones (excluding diaryl/α,β-unsaturated/α-hetero) is 1. The minimum absolute atomic E-state index is 0.117. The van der Waals surface area contributed by atoms with Gasteiger partial charge in [-0.1, -0.05) is 18.2 Å². The number of carbonyl (C=O) groups excluding carboxylic acids is 2. The molecule has 1 aliphatic rings.